The first-order chi connectivity index (χ1) is 26.8. The lowest BCUT2D eigenvalue weighted by atomic mass is 9.80. The molecule has 0 spiro atoms. The van der Waals surface area contributed by atoms with Crippen LogP contribution in [0, 0.1) is 23.7 Å². The Morgan fingerprint density at radius 1 is 0.709 bits per heavy atom. The molecule has 2 aliphatic heterocycles. The van der Waals surface area contributed by atoms with Crippen molar-refractivity contribution in [3.05, 3.63) is 77.7 Å². The summed E-state index contributed by atoms with van der Waals surface area (Å²) in [5.74, 6) is 3.43. The lowest BCUT2D eigenvalue weighted by molar-refractivity contribution is -0.124. The summed E-state index contributed by atoms with van der Waals surface area (Å²) in [6.07, 6.45) is 26.4. The Hall–Kier alpha value is -3.54. The summed E-state index contributed by atoms with van der Waals surface area (Å²) in [6, 6.07) is 7.63. The number of hydrogen-bond acceptors (Lipinski definition) is 4. The van der Waals surface area contributed by atoms with Crippen molar-refractivity contribution in [1.82, 2.24) is 9.80 Å². The fraction of sp³-hybridized carbons (Fsp3) is 0.633. The minimum absolute atomic E-state index is 0.114. The van der Waals surface area contributed by atoms with Gasteiger partial charge in [-0.3, -0.25) is 9.59 Å². The van der Waals surface area contributed by atoms with Crippen LogP contribution in [0.2, 0.25) is 0 Å². The molecule has 2 aliphatic rings. The lowest BCUT2D eigenvalue weighted by Gasteiger charge is -2.31. The molecule has 2 amide bonds. The number of allylic oxidation sites excluding steroid dienone is 3. The van der Waals surface area contributed by atoms with Gasteiger partial charge in [0.1, 0.15) is 17.2 Å². The number of furan rings is 2. The molecule has 0 aromatic carbocycles. The predicted molar refractivity (Wildman–Crippen MR) is 230 cm³/mol. The summed E-state index contributed by atoms with van der Waals surface area (Å²) >= 11 is 0. The van der Waals surface area contributed by atoms with Crippen molar-refractivity contribution in [1.29, 1.82) is 0 Å². The molecule has 4 heterocycles. The SMILES string of the molecule is C=CC(=CC)c1ccc(C2=C3C(=O)N(CC(CCCCC)CC(CC)C(C)CC)C(c4ccco4)=C3C(=O)N2CC(CCCCC)CCCCCCCC)o1. The third kappa shape index (κ3) is 11.3. The highest BCUT2D eigenvalue weighted by Gasteiger charge is 2.51. The van der Waals surface area contributed by atoms with Crippen molar-refractivity contribution in [3.63, 3.8) is 0 Å². The Balaban J connectivity index is 1.81. The second-order valence-corrected chi connectivity index (χ2v) is 16.4. The van der Waals surface area contributed by atoms with Gasteiger partial charge in [0, 0.05) is 18.7 Å². The lowest BCUT2D eigenvalue weighted by Crippen LogP contribution is -2.35. The summed E-state index contributed by atoms with van der Waals surface area (Å²) in [5.41, 5.74) is 3.04. The number of hydrogen-bond donors (Lipinski definition) is 0. The minimum atomic E-state index is -0.115. The van der Waals surface area contributed by atoms with E-state index < -0.39 is 0 Å². The molecular formula is C49H74N2O4. The molecular weight excluding hydrogens is 681 g/mol. The molecule has 2 aromatic rings. The van der Waals surface area contributed by atoms with Gasteiger partial charge in [-0.15, -0.1) is 0 Å². The van der Waals surface area contributed by atoms with Crippen LogP contribution in [-0.2, 0) is 9.59 Å². The molecule has 2 aromatic heterocycles. The standard InChI is InChI=1S/C49H74N2O4/c1-9-16-19-20-21-24-27-37(26-22-17-10-2)34-50-47(43-31-30-41(55-43)39(13-5)14-6)45-44(48(50)52)46(42-29-25-32-54-42)51(49(45)53)35-38(28-23-18-11-3)33-40(15-7)36(8)12-4/h13-14,25,29-32,36-38,40H,5,9-12,15-24,26-28,33-35H2,1-4,6-8H3. The van der Waals surface area contributed by atoms with E-state index in [1.54, 1.807) is 12.3 Å². The second-order valence-electron chi connectivity index (χ2n) is 16.4. The fourth-order valence-electron chi connectivity index (χ4n) is 8.92. The maximum atomic E-state index is 15.2. The first-order valence-electron chi connectivity index (χ1n) is 22.3. The van der Waals surface area contributed by atoms with Gasteiger partial charge < -0.3 is 18.6 Å². The summed E-state index contributed by atoms with van der Waals surface area (Å²) in [4.78, 5) is 34.1. The molecule has 0 bridgehead atoms. The molecule has 6 heteroatoms. The van der Waals surface area contributed by atoms with Crippen LogP contribution in [0.5, 0.6) is 0 Å². The molecule has 4 unspecified atom stereocenters. The average molecular weight is 755 g/mol. The van der Waals surface area contributed by atoms with Crippen LogP contribution in [0.25, 0.3) is 17.0 Å². The zero-order valence-electron chi connectivity index (χ0n) is 35.7. The second kappa shape index (κ2) is 22.9. The maximum absolute atomic E-state index is 15.2. The summed E-state index contributed by atoms with van der Waals surface area (Å²) < 4.78 is 12.7. The van der Waals surface area contributed by atoms with Gasteiger partial charge in [0.25, 0.3) is 11.8 Å². The molecule has 4 atom stereocenters. The monoisotopic (exact) mass is 755 g/mol. The van der Waals surface area contributed by atoms with Gasteiger partial charge in [0.15, 0.2) is 11.5 Å². The van der Waals surface area contributed by atoms with Gasteiger partial charge in [-0.1, -0.05) is 150 Å². The van der Waals surface area contributed by atoms with E-state index in [2.05, 4.69) is 48.1 Å². The largest absolute Gasteiger partial charge is 0.463 e. The highest BCUT2D eigenvalue weighted by molar-refractivity contribution is 6.29. The van der Waals surface area contributed by atoms with Crippen LogP contribution in [0.15, 0.2) is 69.2 Å². The normalized spacial score (nSPS) is 17.1. The van der Waals surface area contributed by atoms with Crippen LogP contribution in [0.3, 0.4) is 0 Å². The molecule has 0 aliphatic carbocycles. The topological polar surface area (TPSA) is 66.9 Å². The van der Waals surface area contributed by atoms with Crippen LogP contribution >= 0.6 is 0 Å². The van der Waals surface area contributed by atoms with E-state index in [0.29, 0.717) is 76.6 Å². The number of carbonyl (C=O) groups is 2. The molecule has 0 radical (unpaired) electrons. The van der Waals surface area contributed by atoms with Crippen LogP contribution in [0.1, 0.15) is 181 Å². The van der Waals surface area contributed by atoms with E-state index >= 15 is 9.59 Å². The summed E-state index contributed by atoms with van der Waals surface area (Å²) in [7, 11) is 0. The molecule has 0 fully saturated rings. The minimum Gasteiger partial charge on any atom is -0.463 e. The Kier molecular flexibility index (Phi) is 18.4. The van der Waals surface area contributed by atoms with Crippen LogP contribution < -0.4 is 0 Å². The smallest absolute Gasteiger partial charge is 0.261 e. The van der Waals surface area contributed by atoms with E-state index in [-0.39, 0.29) is 11.8 Å². The number of amides is 2. The van der Waals surface area contributed by atoms with Gasteiger partial charge in [0.2, 0.25) is 0 Å². The van der Waals surface area contributed by atoms with E-state index in [9.17, 15) is 0 Å². The van der Waals surface area contributed by atoms with E-state index in [4.69, 9.17) is 8.83 Å². The number of fused-ring (bicyclic) bond motifs is 1. The third-order valence-corrected chi connectivity index (χ3v) is 12.5. The molecule has 6 nitrogen and oxygen atoms in total. The Bertz CT molecular complexity index is 1590. The first kappa shape index (κ1) is 44.2. The van der Waals surface area contributed by atoms with Crippen molar-refractivity contribution in [2.24, 2.45) is 23.7 Å². The summed E-state index contributed by atoms with van der Waals surface area (Å²) in [5, 5.41) is 0. The fourth-order valence-corrected chi connectivity index (χ4v) is 8.92. The van der Waals surface area contributed by atoms with Crippen LogP contribution in [-0.4, -0.2) is 34.7 Å². The predicted octanol–water partition coefficient (Wildman–Crippen LogP) is 13.9. The molecule has 0 saturated carbocycles. The van der Waals surface area contributed by atoms with Gasteiger partial charge in [-0.25, -0.2) is 0 Å². The number of carbonyl (C=O) groups excluding carboxylic acids is 2. The van der Waals surface area contributed by atoms with Gasteiger partial charge in [0.05, 0.1) is 17.4 Å². The zero-order chi connectivity index (χ0) is 39.7. The van der Waals surface area contributed by atoms with Crippen molar-refractivity contribution in [3.8, 4) is 0 Å². The number of unbranched alkanes of at least 4 members (excludes halogenated alkanes) is 9. The highest BCUT2D eigenvalue weighted by Crippen LogP contribution is 2.48. The van der Waals surface area contributed by atoms with Gasteiger partial charge in [-0.05, 0) is 80.5 Å². The zero-order valence-corrected chi connectivity index (χ0v) is 35.7. The summed E-state index contributed by atoms with van der Waals surface area (Å²) in [6.45, 7) is 20.8. The van der Waals surface area contributed by atoms with Crippen molar-refractivity contribution >= 4 is 28.8 Å². The Morgan fingerprint density at radius 2 is 1.25 bits per heavy atom. The average Bonchev–Trinajstić information content (AvgIpc) is 4.00. The third-order valence-electron chi connectivity index (χ3n) is 12.5. The number of rotatable bonds is 28. The van der Waals surface area contributed by atoms with E-state index in [1.165, 1.54) is 44.9 Å². The van der Waals surface area contributed by atoms with Crippen LogP contribution in [0.4, 0.5) is 0 Å². The quantitative estimate of drug-likeness (QED) is 0.0641. The Labute approximate surface area is 334 Å². The molecule has 304 valence electrons. The number of nitrogens with zero attached hydrogens (tertiary/aromatic N) is 2. The van der Waals surface area contributed by atoms with Crippen molar-refractivity contribution in [2.75, 3.05) is 13.1 Å². The van der Waals surface area contributed by atoms with E-state index in [1.807, 2.05) is 47.1 Å². The molecule has 4 rings (SSSR count). The van der Waals surface area contributed by atoms with Crippen molar-refractivity contribution < 1.29 is 18.4 Å². The van der Waals surface area contributed by atoms with Gasteiger partial charge >= 0.3 is 0 Å². The maximum Gasteiger partial charge on any atom is 0.261 e. The van der Waals surface area contributed by atoms with E-state index in [0.717, 1.165) is 76.2 Å². The Morgan fingerprint density at radius 3 is 1.80 bits per heavy atom. The molecule has 0 saturated heterocycles. The molecule has 0 N–H and O–H groups in total. The first-order valence-corrected chi connectivity index (χ1v) is 22.3. The van der Waals surface area contributed by atoms with Crippen molar-refractivity contribution in [2.45, 2.75) is 164 Å². The highest BCUT2D eigenvalue weighted by atomic mass is 16.3. The molecule has 55 heavy (non-hydrogen) atoms. The van der Waals surface area contributed by atoms with Gasteiger partial charge in [-0.2, -0.15) is 0 Å².